The lowest BCUT2D eigenvalue weighted by molar-refractivity contribution is -0.384. The third kappa shape index (κ3) is 4.04. The summed E-state index contributed by atoms with van der Waals surface area (Å²) in [5.41, 5.74) is -0.782. The minimum atomic E-state index is -3.97. The number of nitrogens with two attached hydrogens (primary N) is 1. The Kier molecular flexibility index (Phi) is 5.01. The summed E-state index contributed by atoms with van der Waals surface area (Å²) in [5.74, 6) is -0.353. The van der Waals surface area contributed by atoms with Crippen LogP contribution in [0.4, 0.5) is 17.1 Å². The molecule has 0 aliphatic heterocycles. The molecule has 29 heavy (non-hydrogen) atoms. The van der Waals surface area contributed by atoms with Crippen molar-refractivity contribution in [3.05, 3.63) is 68.6 Å². The first-order valence-electron chi connectivity index (χ1n) is 7.92. The zero-order chi connectivity index (χ0) is 21.3. The molecule has 0 saturated heterocycles. The lowest BCUT2D eigenvalue weighted by Gasteiger charge is -2.03. The van der Waals surface area contributed by atoms with Crippen molar-refractivity contribution < 1.29 is 18.4 Å². The van der Waals surface area contributed by atoms with Crippen molar-refractivity contribution >= 4 is 27.1 Å². The molecule has 13 heteroatoms. The second-order valence-electron chi connectivity index (χ2n) is 5.90. The molecule has 0 unspecified atom stereocenters. The minimum Gasteiger partial charge on any atom is -0.506 e. The van der Waals surface area contributed by atoms with Crippen molar-refractivity contribution in [1.29, 1.82) is 0 Å². The zero-order valence-corrected chi connectivity index (χ0v) is 15.6. The van der Waals surface area contributed by atoms with Crippen LogP contribution in [0, 0.1) is 17.0 Å². The molecule has 3 rings (SSSR count). The molecule has 1 heterocycles. The zero-order valence-electron chi connectivity index (χ0n) is 14.8. The number of non-ortho nitro benzene ring substituents is 1. The number of phenolic OH excluding ortho intramolecular Hbond substituents is 1. The lowest BCUT2D eigenvalue weighted by atomic mass is 10.2. The predicted octanol–water partition coefficient (Wildman–Crippen LogP) is 2.15. The number of phenols is 1. The summed E-state index contributed by atoms with van der Waals surface area (Å²) in [5, 5.41) is 36.0. The first-order chi connectivity index (χ1) is 13.6. The molecule has 0 aliphatic carbocycles. The van der Waals surface area contributed by atoms with Crippen LogP contribution in [0.1, 0.15) is 5.69 Å². The molecule has 1 aromatic heterocycles. The number of nitrogens with zero attached hydrogens (tertiary/aromatic N) is 4. The molecule has 0 aliphatic rings. The number of hydrogen-bond acceptors (Lipinski definition) is 8. The monoisotopic (exact) mass is 418 g/mol. The van der Waals surface area contributed by atoms with Crippen LogP contribution in [0.25, 0.3) is 5.69 Å². The number of nitrogens with one attached hydrogen (secondary N) is 1. The van der Waals surface area contributed by atoms with Crippen LogP contribution in [0.3, 0.4) is 0 Å². The molecule has 12 nitrogen and oxygen atoms in total. The van der Waals surface area contributed by atoms with E-state index in [0.717, 1.165) is 22.9 Å². The van der Waals surface area contributed by atoms with Crippen LogP contribution >= 0.6 is 0 Å². The molecule has 0 spiro atoms. The van der Waals surface area contributed by atoms with Crippen LogP contribution in [0.15, 0.2) is 62.4 Å². The Morgan fingerprint density at radius 3 is 2.59 bits per heavy atom. The van der Waals surface area contributed by atoms with Gasteiger partial charge in [0.1, 0.15) is 11.4 Å². The molecule has 0 fully saturated rings. The first kappa shape index (κ1) is 19.9. The van der Waals surface area contributed by atoms with Gasteiger partial charge in [-0.1, -0.05) is 6.07 Å². The van der Waals surface area contributed by atoms with E-state index in [1.165, 1.54) is 31.2 Å². The summed E-state index contributed by atoms with van der Waals surface area (Å²) in [6.07, 6.45) is 0. The number of nitro benzene ring substituents is 1. The largest absolute Gasteiger partial charge is 0.506 e. The van der Waals surface area contributed by atoms with Gasteiger partial charge in [-0.3, -0.25) is 20.0 Å². The summed E-state index contributed by atoms with van der Waals surface area (Å²) < 4.78 is 24.1. The molecule has 150 valence electrons. The maximum absolute atomic E-state index is 12.7. The third-order valence-electron chi connectivity index (χ3n) is 3.87. The normalized spacial score (nSPS) is 11.8. The van der Waals surface area contributed by atoms with E-state index in [1.54, 1.807) is 0 Å². The summed E-state index contributed by atoms with van der Waals surface area (Å²) in [6.45, 7) is 1.53. The fraction of sp³-hybridized carbons (Fsp3) is 0.0625. The van der Waals surface area contributed by atoms with Gasteiger partial charge in [-0.25, -0.2) is 18.2 Å². The molecule has 0 amide bonds. The van der Waals surface area contributed by atoms with Crippen LogP contribution in [-0.2, 0) is 10.0 Å². The molecule has 2 aromatic carbocycles. The summed E-state index contributed by atoms with van der Waals surface area (Å²) in [4.78, 5) is 22.7. The molecular weight excluding hydrogens is 404 g/mol. The van der Waals surface area contributed by atoms with Gasteiger partial charge >= 0.3 is 0 Å². The van der Waals surface area contributed by atoms with Crippen molar-refractivity contribution in [1.82, 2.24) is 9.78 Å². The van der Waals surface area contributed by atoms with Gasteiger partial charge in [0.2, 0.25) is 10.0 Å². The fourth-order valence-electron chi connectivity index (χ4n) is 2.45. The van der Waals surface area contributed by atoms with Crippen molar-refractivity contribution in [3.8, 4) is 11.4 Å². The number of sulfonamides is 1. The van der Waals surface area contributed by atoms with Gasteiger partial charge in [-0.2, -0.15) is 0 Å². The highest BCUT2D eigenvalue weighted by molar-refractivity contribution is 7.89. The van der Waals surface area contributed by atoms with Gasteiger partial charge in [0.15, 0.2) is 5.69 Å². The quantitative estimate of drug-likeness (QED) is 0.323. The van der Waals surface area contributed by atoms with Gasteiger partial charge in [0.05, 0.1) is 21.2 Å². The highest BCUT2D eigenvalue weighted by Crippen LogP contribution is 2.31. The lowest BCUT2D eigenvalue weighted by Crippen LogP contribution is -2.16. The van der Waals surface area contributed by atoms with E-state index in [1.807, 2.05) is 0 Å². The highest BCUT2D eigenvalue weighted by Gasteiger charge is 2.15. The van der Waals surface area contributed by atoms with Crippen molar-refractivity contribution in [3.63, 3.8) is 0 Å². The topological polar surface area (TPSA) is 186 Å². The standard InChI is InChI=1S/C16H14N6O6S/c1-9-15(19-18-13-8-11(22(25)26)5-6-14(13)23)16(24)21(20-9)10-3-2-4-12(7-10)29(17,27)28/h2-8,20,23H,1H3,(H2,17,27,28). The maximum Gasteiger partial charge on any atom is 0.299 e. The Morgan fingerprint density at radius 2 is 1.93 bits per heavy atom. The molecule has 0 bridgehead atoms. The molecule has 3 aromatic rings. The number of aromatic nitrogens is 2. The van der Waals surface area contributed by atoms with E-state index < -0.39 is 20.5 Å². The van der Waals surface area contributed by atoms with Crippen LogP contribution in [0.5, 0.6) is 5.75 Å². The predicted molar refractivity (Wildman–Crippen MR) is 101 cm³/mol. The molecule has 4 N–H and O–H groups in total. The number of rotatable bonds is 5. The van der Waals surface area contributed by atoms with Gasteiger partial charge in [-0.05, 0) is 31.2 Å². The van der Waals surface area contributed by atoms with Crippen molar-refractivity contribution in [2.75, 3.05) is 0 Å². The summed E-state index contributed by atoms with van der Waals surface area (Å²) in [7, 11) is -3.97. The van der Waals surface area contributed by atoms with Gasteiger partial charge in [-0.15, -0.1) is 10.2 Å². The Labute approximate surface area is 163 Å². The number of primary sulfonamides is 1. The highest BCUT2D eigenvalue weighted by atomic mass is 32.2. The van der Waals surface area contributed by atoms with Gasteiger partial charge in [0.25, 0.3) is 11.2 Å². The Morgan fingerprint density at radius 1 is 1.21 bits per heavy atom. The second kappa shape index (κ2) is 7.29. The van der Waals surface area contributed by atoms with Crippen LogP contribution in [0.2, 0.25) is 0 Å². The van der Waals surface area contributed by atoms with Crippen LogP contribution in [-0.4, -0.2) is 28.2 Å². The summed E-state index contributed by atoms with van der Waals surface area (Å²) in [6, 6.07) is 8.59. The van der Waals surface area contributed by atoms with E-state index >= 15 is 0 Å². The molecule has 0 atom stereocenters. The van der Waals surface area contributed by atoms with E-state index in [-0.39, 0.29) is 33.4 Å². The average molecular weight is 418 g/mol. The van der Waals surface area contributed by atoms with Crippen molar-refractivity contribution in [2.24, 2.45) is 15.4 Å². The van der Waals surface area contributed by atoms with Crippen LogP contribution < -0.4 is 10.7 Å². The number of nitro groups is 1. The summed E-state index contributed by atoms with van der Waals surface area (Å²) >= 11 is 0. The SMILES string of the molecule is Cc1[nH]n(-c2cccc(S(N)(=O)=O)c2)c(=O)c1N=Nc1cc([N+](=O)[O-])ccc1O. The van der Waals surface area contributed by atoms with E-state index in [4.69, 9.17) is 5.14 Å². The molecule has 0 saturated carbocycles. The Hall–Kier alpha value is -3.84. The van der Waals surface area contributed by atoms with Gasteiger partial charge < -0.3 is 5.11 Å². The maximum atomic E-state index is 12.7. The number of hydrogen-bond donors (Lipinski definition) is 3. The van der Waals surface area contributed by atoms with E-state index in [9.17, 15) is 28.4 Å². The molecular formula is C16H14N6O6S. The van der Waals surface area contributed by atoms with Crippen molar-refractivity contribution in [2.45, 2.75) is 11.8 Å². The Bertz CT molecular complexity index is 1310. The number of H-pyrrole nitrogens is 1. The Balaban J connectivity index is 2.04. The smallest absolute Gasteiger partial charge is 0.299 e. The number of azo groups is 1. The number of aryl methyl sites for hydroxylation is 1. The number of benzene rings is 2. The third-order valence-corrected chi connectivity index (χ3v) is 4.78. The minimum absolute atomic E-state index is 0.128. The van der Waals surface area contributed by atoms with E-state index in [0.29, 0.717) is 5.69 Å². The fourth-order valence-corrected chi connectivity index (χ4v) is 3.00. The average Bonchev–Trinajstić information content (AvgIpc) is 2.94. The van der Waals surface area contributed by atoms with E-state index in [2.05, 4.69) is 15.3 Å². The first-order valence-corrected chi connectivity index (χ1v) is 9.46. The van der Waals surface area contributed by atoms with Gasteiger partial charge in [0, 0.05) is 12.1 Å². The molecule has 0 radical (unpaired) electrons. The second-order valence-corrected chi connectivity index (χ2v) is 7.46. The number of aromatic hydroxyl groups is 1. The number of aromatic amines is 1.